The average molecular weight is 608 g/mol. The molecule has 0 aliphatic carbocycles. The van der Waals surface area contributed by atoms with Crippen molar-refractivity contribution in [1.82, 2.24) is 19.3 Å². The fourth-order valence-electron chi connectivity index (χ4n) is 4.63. The van der Waals surface area contributed by atoms with Crippen molar-refractivity contribution >= 4 is 58.9 Å². The predicted molar refractivity (Wildman–Crippen MR) is 170 cm³/mol. The largest absolute Gasteiger partial charge is 0.478 e. The van der Waals surface area contributed by atoms with E-state index >= 15 is 0 Å². The van der Waals surface area contributed by atoms with Crippen LogP contribution in [0.4, 0.5) is 5.82 Å². The summed E-state index contributed by atoms with van der Waals surface area (Å²) in [7, 11) is 0. The Bertz CT molecular complexity index is 1610. The highest BCUT2D eigenvalue weighted by Gasteiger charge is 2.27. The number of carbonyl (C=O) groups is 2. The minimum Gasteiger partial charge on any atom is -0.478 e. The van der Waals surface area contributed by atoms with E-state index in [1.807, 2.05) is 22.4 Å². The number of rotatable bonds is 11. The molecule has 4 heterocycles. The van der Waals surface area contributed by atoms with Crippen LogP contribution >= 0.6 is 11.3 Å². The third-order valence-electron chi connectivity index (χ3n) is 6.99. The van der Waals surface area contributed by atoms with Gasteiger partial charge in [-0.3, -0.25) is 19.0 Å². The SMILES string of the molecule is CC(C)c1csc(C=Cc2ccn3c(=O)c(C=CC(=O)O)c(N4CCN(C(=O)[C@@H](N)CCCN=C(N)N)CC4)nc3c2)n1. The lowest BCUT2D eigenvalue weighted by atomic mass is 10.1. The van der Waals surface area contributed by atoms with Crippen LogP contribution < -0.4 is 27.7 Å². The molecule has 0 aromatic carbocycles. The minimum atomic E-state index is -1.18. The fraction of sp³-hybridized carbons (Fsp3) is 0.379. The number of aliphatic carboxylic acids is 1. The number of hydrogen-bond acceptors (Lipinski definition) is 9. The van der Waals surface area contributed by atoms with E-state index in [9.17, 15) is 19.5 Å². The van der Waals surface area contributed by atoms with Crippen LogP contribution in [0.1, 0.15) is 54.4 Å². The quantitative estimate of drug-likeness (QED) is 0.107. The summed E-state index contributed by atoms with van der Waals surface area (Å²) in [6, 6.07) is 2.91. The summed E-state index contributed by atoms with van der Waals surface area (Å²) in [4.78, 5) is 54.6. The van der Waals surface area contributed by atoms with E-state index in [1.165, 1.54) is 10.5 Å². The van der Waals surface area contributed by atoms with Crippen molar-refractivity contribution < 1.29 is 14.7 Å². The number of nitrogens with two attached hydrogens (primary N) is 3. The van der Waals surface area contributed by atoms with Crippen molar-refractivity contribution in [3.8, 4) is 0 Å². The van der Waals surface area contributed by atoms with Gasteiger partial charge in [0, 0.05) is 50.4 Å². The normalized spacial score (nSPS) is 14.7. The van der Waals surface area contributed by atoms with E-state index in [4.69, 9.17) is 22.2 Å². The molecule has 7 N–H and O–H groups in total. The molecule has 1 saturated heterocycles. The first-order valence-electron chi connectivity index (χ1n) is 14.0. The minimum absolute atomic E-state index is 0.000841. The first-order chi connectivity index (χ1) is 20.5. The van der Waals surface area contributed by atoms with Gasteiger partial charge in [-0.2, -0.15) is 0 Å². The van der Waals surface area contributed by atoms with Crippen LogP contribution in [0.25, 0.3) is 23.9 Å². The molecule has 1 amide bonds. The number of guanidine groups is 1. The van der Waals surface area contributed by atoms with Crippen molar-refractivity contribution in [2.75, 3.05) is 37.6 Å². The Balaban J connectivity index is 1.55. The van der Waals surface area contributed by atoms with Crippen LogP contribution in [0, 0.1) is 0 Å². The molecular formula is C29H37N9O4S. The molecular weight excluding hydrogens is 570 g/mol. The second kappa shape index (κ2) is 14.1. The summed E-state index contributed by atoms with van der Waals surface area (Å²) in [6.07, 6.45) is 8.68. The van der Waals surface area contributed by atoms with E-state index in [0.29, 0.717) is 62.9 Å². The topological polar surface area (TPSA) is 199 Å². The Kier molecular flexibility index (Phi) is 10.3. The Labute approximate surface area is 253 Å². The molecule has 14 heteroatoms. The van der Waals surface area contributed by atoms with E-state index in [0.717, 1.165) is 22.3 Å². The van der Waals surface area contributed by atoms with Crippen molar-refractivity contribution in [1.29, 1.82) is 0 Å². The maximum atomic E-state index is 13.5. The standard InChI is InChI=1S/C29H37N9O4S/c1-18(2)22-17-43-24(34-22)7-5-19-9-11-38-23(16-19)35-26(20(27(38)41)6-8-25(39)40)36-12-14-37(15-13-36)28(42)21(30)4-3-10-33-29(31)32/h5-9,11,16-18,21H,3-4,10,12-15,30H2,1-2H3,(H,39,40)(H4,31,32,33)/t21-/m0/s1. The number of nitrogens with zero attached hydrogens (tertiary/aromatic N) is 6. The first-order valence-corrected chi connectivity index (χ1v) is 14.9. The summed E-state index contributed by atoms with van der Waals surface area (Å²) in [5.74, 6) is -0.642. The number of fused-ring (bicyclic) bond motifs is 1. The third kappa shape index (κ3) is 8.05. The van der Waals surface area contributed by atoms with Crippen LogP contribution in [-0.4, -0.2) is 81.0 Å². The van der Waals surface area contributed by atoms with E-state index in [2.05, 4.69) is 23.8 Å². The number of carboxylic acids is 1. The van der Waals surface area contributed by atoms with Gasteiger partial charge in [-0.15, -0.1) is 11.3 Å². The molecule has 0 spiro atoms. The molecule has 1 fully saturated rings. The zero-order valence-corrected chi connectivity index (χ0v) is 25.0. The second-order valence-electron chi connectivity index (χ2n) is 10.5. The third-order valence-corrected chi connectivity index (χ3v) is 7.82. The predicted octanol–water partition coefficient (Wildman–Crippen LogP) is 1.57. The molecule has 0 bridgehead atoms. The molecule has 3 aromatic heterocycles. The molecule has 228 valence electrons. The van der Waals surface area contributed by atoms with Crippen molar-refractivity contribution in [2.45, 2.75) is 38.6 Å². The second-order valence-corrected chi connectivity index (χ2v) is 11.4. The number of carbonyl (C=O) groups excluding carboxylic acids is 1. The lowest BCUT2D eigenvalue weighted by Crippen LogP contribution is -2.53. The van der Waals surface area contributed by atoms with Crippen molar-refractivity contribution in [2.24, 2.45) is 22.2 Å². The van der Waals surface area contributed by atoms with Gasteiger partial charge < -0.3 is 32.1 Å². The average Bonchev–Trinajstić information content (AvgIpc) is 3.46. The van der Waals surface area contributed by atoms with Crippen LogP contribution in [-0.2, 0) is 9.59 Å². The molecule has 1 aliphatic heterocycles. The van der Waals surface area contributed by atoms with Gasteiger partial charge in [0.25, 0.3) is 5.56 Å². The number of pyridine rings is 1. The maximum Gasteiger partial charge on any atom is 0.328 e. The Hall–Kier alpha value is -4.56. The number of hydrogen-bond donors (Lipinski definition) is 4. The van der Waals surface area contributed by atoms with Crippen molar-refractivity contribution in [3.05, 3.63) is 62.0 Å². The number of aromatic nitrogens is 3. The molecule has 0 unspecified atom stereocenters. The van der Waals surface area contributed by atoms with Crippen LogP contribution in [0.2, 0.25) is 0 Å². The zero-order valence-electron chi connectivity index (χ0n) is 24.2. The van der Waals surface area contributed by atoms with Gasteiger partial charge in [0.05, 0.1) is 17.3 Å². The number of anilines is 1. The maximum absolute atomic E-state index is 13.5. The lowest BCUT2D eigenvalue weighted by molar-refractivity contribution is -0.133. The van der Waals surface area contributed by atoms with E-state index < -0.39 is 17.6 Å². The van der Waals surface area contributed by atoms with E-state index in [1.54, 1.807) is 34.6 Å². The van der Waals surface area contributed by atoms with Crippen LogP contribution in [0.5, 0.6) is 0 Å². The van der Waals surface area contributed by atoms with Gasteiger partial charge in [-0.25, -0.2) is 14.8 Å². The molecule has 1 atom stereocenters. The zero-order chi connectivity index (χ0) is 31.1. The summed E-state index contributed by atoms with van der Waals surface area (Å²) in [5, 5.41) is 12.2. The highest BCUT2D eigenvalue weighted by Crippen LogP contribution is 2.22. The monoisotopic (exact) mass is 607 g/mol. The van der Waals surface area contributed by atoms with Gasteiger partial charge in [-0.1, -0.05) is 19.9 Å². The number of thiazole rings is 1. The lowest BCUT2D eigenvalue weighted by Gasteiger charge is -2.37. The number of amides is 1. The molecule has 0 radical (unpaired) electrons. The smallest absolute Gasteiger partial charge is 0.328 e. The number of carboxylic acid groups (broad SMARTS) is 1. The first kappa shape index (κ1) is 31.4. The molecule has 3 aromatic rings. The highest BCUT2D eigenvalue weighted by molar-refractivity contribution is 7.10. The molecule has 43 heavy (non-hydrogen) atoms. The molecule has 4 rings (SSSR count). The number of piperazine rings is 1. The molecule has 0 saturated carbocycles. The van der Waals surface area contributed by atoms with Gasteiger partial charge in [0.1, 0.15) is 16.5 Å². The van der Waals surface area contributed by atoms with Gasteiger partial charge >= 0.3 is 5.97 Å². The Morgan fingerprint density at radius 1 is 1.14 bits per heavy atom. The van der Waals surface area contributed by atoms with Crippen molar-refractivity contribution in [3.63, 3.8) is 0 Å². The van der Waals surface area contributed by atoms with E-state index in [-0.39, 0.29) is 17.4 Å². The summed E-state index contributed by atoms with van der Waals surface area (Å²) in [5.41, 5.74) is 18.8. The summed E-state index contributed by atoms with van der Waals surface area (Å²) >= 11 is 1.56. The molecule has 1 aliphatic rings. The number of aliphatic imine (C=N–C) groups is 1. The van der Waals surface area contributed by atoms with Gasteiger partial charge in [0.15, 0.2) is 5.96 Å². The van der Waals surface area contributed by atoms with Crippen LogP contribution in [0.3, 0.4) is 0 Å². The van der Waals surface area contributed by atoms with Crippen LogP contribution in [0.15, 0.2) is 39.6 Å². The van der Waals surface area contributed by atoms with Gasteiger partial charge in [-0.05, 0) is 48.6 Å². The Morgan fingerprint density at radius 2 is 1.88 bits per heavy atom. The van der Waals surface area contributed by atoms with Gasteiger partial charge in [0.2, 0.25) is 5.91 Å². The summed E-state index contributed by atoms with van der Waals surface area (Å²) in [6.45, 7) is 6.12. The fourth-order valence-corrected chi connectivity index (χ4v) is 5.50. The summed E-state index contributed by atoms with van der Waals surface area (Å²) < 4.78 is 1.39. The Morgan fingerprint density at radius 3 is 2.53 bits per heavy atom. The molecule has 13 nitrogen and oxygen atoms in total. The highest BCUT2D eigenvalue weighted by atomic mass is 32.1.